The number of nitrogens with zero attached hydrogens (tertiary/aromatic N) is 3. The molecule has 27 nitrogen and oxygen atoms in total. The lowest BCUT2D eigenvalue weighted by Gasteiger charge is -2.30. The Morgan fingerprint density at radius 2 is 1.35 bits per heavy atom. The molecule has 1 saturated heterocycles. The topological polar surface area (TPSA) is 421 Å². The van der Waals surface area contributed by atoms with E-state index >= 15 is 23.6 Å². The number of thioether (sulfide) groups is 2. The number of primary amides is 1. The fourth-order valence-corrected chi connectivity index (χ4v) is 14.9. The minimum absolute atomic E-state index is 0.0240. The number of fused-ring (bicyclic) bond motifs is 6. The Morgan fingerprint density at radius 1 is 0.676 bits per heavy atom. The molecule has 6 heterocycles. The number of carboxylic acids is 1. The number of ketones is 1. The molecule has 102 heavy (non-hydrogen) atoms. The van der Waals surface area contributed by atoms with Crippen molar-refractivity contribution in [3.05, 3.63) is 161 Å². The molecule has 2 bridgehead atoms. The number of carbonyl (C=O) groups is 11. The number of benzene rings is 3. The van der Waals surface area contributed by atoms with Crippen LogP contribution in [0.25, 0.3) is 27.5 Å². The molecular weight excluding hydrogens is 1360 g/mol. The van der Waals surface area contributed by atoms with Gasteiger partial charge in [0.05, 0.1) is 31.3 Å². The second-order valence-electron chi connectivity index (χ2n) is 25.5. The van der Waals surface area contributed by atoms with Crippen LogP contribution in [0.1, 0.15) is 96.9 Å². The van der Waals surface area contributed by atoms with E-state index < -0.39 is 144 Å². The van der Waals surface area contributed by atoms with E-state index in [1.807, 2.05) is 24.3 Å². The molecule has 4 aromatic heterocycles. The molecule has 15 N–H and O–H groups in total. The average molecular weight is 1440 g/mol. The lowest BCUT2D eigenvalue weighted by molar-refractivity contribution is -0.142. The SMILES string of the molecule is NCCCC[C@@H]1NC(=O)CCSCc2cccc(c2)CSC[C@@H](C(N)=O)CC(=O)[C@@H]2CCCN2C(=O)[C@H](Cc2c[nH]c3ncccc23)NC(=O)[C@H](Cc2cnc[nH]2)NC(=O)[C@H](CC(=O)O)NC(=O)[C@H](CC2=CCc3ccc(F)cc32)NC(=O)[C@H](Cc2c[nH]c3ccc(F)cc23)NC(=O)CNC1=O. The largest absolute Gasteiger partial charge is 0.481 e. The third kappa shape index (κ3) is 20.0. The van der Waals surface area contributed by atoms with Crippen LogP contribution in [0.4, 0.5) is 8.78 Å². The van der Waals surface area contributed by atoms with Crippen molar-refractivity contribution in [2.75, 3.05) is 31.1 Å². The second kappa shape index (κ2) is 35.4. The number of unbranched alkanes of at least 4 members (excludes halogenated alkanes) is 1. The van der Waals surface area contributed by atoms with E-state index in [4.69, 9.17) is 11.5 Å². The van der Waals surface area contributed by atoms with Gasteiger partial charge in [0.15, 0.2) is 5.78 Å². The van der Waals surface area contributed by atoms with E-state index in [9.17, 15) is 43.1 Å². The van der Waals surface area contributed by atoms with Crippen molar-refractivity contribution in [3.8, 4) is 0 Å². The Labute approximate surface area is 593 Å². The number of carboxylic acid groups (broad SMARTS) is 1. The highest BCUT2D eigenvalue weighted by Crippen LogP contribution is 2.33. The number of allylic oxidation sites excluding steroid dienone is 1. The number of nitrogens with two attached hydrogens (primary N) is 2. The van der Waals surface area contributed by atoms with Crippen LogP contribution in [0.3, 0.4) is 0 Å². The summed E-state index contributed by atoms with van der Waals surface area (Å²) in [6.07, 6.45) is 8.40. The zero-order chi connectivity index (χ0) is 72.4. The van der Waals surface area contributed by atoms with Gasteiger partial charge in [-0.2, -0.15) is 23.5 Å². The number of nitrogens with one attached hydrogen (secondary N) is 10. The number of halogens is 2. The number of hydrogen-bond donors (Lipinski definition) is 13. The van der Waals surface area contributed by atoms with Gasteiger partial charge in [-0.05, 0) is 126 Å². The summed E-state index contributed by atoms with van der Waals surface area (Å²) in [6, 6.07) is 8.49. The zero-order valence-corrected chi connectivity index (χ0v) is 57.3. The molecule has 7 aromatic rings. The first kappa shape index (κ1) is 74.4. The first-order valence-corrected chi connectivity index (χ1v) is 35.9. The number of aromatic nitrogens is 5. The lowest BCUT2D eigenvalue weighted by atomic mass is 9.97. The summed E-state index contributed by atoms with van der Waals surface area (Å²) in [7, 11) is 0. The Morgan fingerprint density at radius 3 is 2.10 bits per heavy atom. The van der Waals surface area contributed by atoms with Gasteiger partial charge >= 0.3 is 5.97 Å². The van der Waals surface area contributed by atoms with Gasteiger partial charge in [0, 0.05) is 115 Å². The van der Waals surface area contributed by atoms with Gasteiger partial charge in [-0.3, -0.25) is 52.7 Å². The molecule has 8 atom stereocenters. The number of imidazole rings is 1. The van der Waals surface area contributed by atoms with Crippen molar-refractivity contribution < 1.29 is 66.6 Å². The molecule has 31 heteroatoms. The highest BCUT2D eigenvalue weighted by atomic mass is 32.2. The van der Waals surface area contributed by atoms with E-state index in [-0.39, 0.29) is 69.4 Å². The van der Waals surface area contributed by atoms with Crippen LogP contribution < -0.4 is 48.7 Å². The van der Waals surface area contributed by atoms with Gasteiger partial charge in [0.1, 0.15) is 53.5 Å². The fraction of sp³-hybridized carbons (Fsp3) is 0.394. The van der Waals surface area contributed by atoms with Gasteiger partial charge < -0.3 is 73.6 Å². The minimum Gasteiger partial charge on any atom is -0.481 e. The smallest absolute Gasteiger partial charge is 0.305 e. The Balaban J connectivity index is 0.979. The van der Waals surface area contributed by atoms with Crippen molar-refractivity contribution in [1.82, 2.24) is 67.0 Å². The second-order valence-corrected chi connectivity index (χ2v) is 27.7. The molecular formula is C71H81F2N15O12S2. The van der Waals surface area contributed by atoms with Crippen LogP contribution in [0.2, 0.25) is 0 Å². The van der Waals surface area contributed by atoms with Crippen molar-refractivity contribution in [2.24, 2.45) is 17.4 Å². The van der Waals surface area contributed by atoms with Crippen molar-refractivity contribution in [2.45, 2.75) is 137 Å². The first-order chi connectivity index (χ1) is 49.2. The maximum Gasteiger partial charge on any atom is 0.305 e. The molecule has 1 aliphatic carbocycles. The fourth-order valence-electron chi connectivity index (χ4n) is 12.9. The number of aliphatic carboxylic acids is 1. The summed E-state index contributed by atoms with van der Waals surface area (Å²) in [5.41, 5.74) is 17.1. The summed E-state index contributed by atoms with van der Waals surface area (Å²) < 4.78 is 29.9. The monoisotopic (exact) mass is 1440 g/mol. The van der Waals surface area contributed by atoms with Gasteiger partial charge in [0.2, 0.25) is 53.2 Å². The Bertz CT molecular complexity index is 4280. The summed E-state index contributed by atoms with van der Waals surface area (Å²) in [5, 5.41) is 29.8. The molecule has 538 valence electrons. The van der Waals surface area contributed by atoms with Crippen LogP contribution in [0, 0.1) is 17.6 Å². The zero-order valence-electron chi connectivity index (χ0n) is 55.7. The minimum atomic E-state index is -2.01. The summed E-state index contributed by atoms with van der Waals surface area (Å²) in [6.45, 7) is -0.329. The highest BCUT2D eigenvalue weighted by Gasteiger charge is 2.41. The Hall–Kier alpha value is -10.3. The molecule has 0 radical (unpaired) electrons. The van der Waals surface area contributed by atoms with E-state index in [1.54, 1.807) is 36.7 Å². The number of Topliss-reactive ketones (excluding diaryl/α,β-unsaturated/α-hetero) is 1. The number of hydrogen-bond acceptors (Lipinski definition) is 16. The summed E-state index contributed by atoms with van der Waals surface area (Å²) in [5.74, 6) is -10.5. The van der Waals surface area contributed by atoms with Gasteiger partial charge in [-0.15, -0.1) is 0 Å². The molecule has 0 spiro atoms. The number of H-pyrrole nitrogens is 3. The maximum atomic E-state index is 15.3. The predicted octanol–water partition coefficient (Wildman–Crippen LogP) is 3.35. The number of rotatable bonds is 15. The van der Waals surface area contributed by atoms with Crippen LogP contribution in [0.15, 0.2) is 110 Å². The number of pyridine rings is 1. The molecule has 0 unspecified atom stereocenters. The standard InChI is InChI=1S/C71H81F2N15O12S2/c72-46-14-13-41-11-12-42(50(41)27-46)23-55-68(97)86-57(30-63(92)93)70(99)85-56(29-48-33-76-38-81-48)69(98)87-58(25-43-32-79-65-49(43)8-4-19-77-65)71(100)88-20-5-10-59(88)60(89)26-45(64(75)94)37-102-36-40-7-3-6-39(22-40)35-101-21-17-61(90)82-53(9-1-2-18-74)66(95)80-34-62(91)83-54(67(96)84-55)24-44-31-78-52-16-15-47(73)28-51(44)52/h3-4,6-8,12-16,19,22,27-28,31-33,38,45,53-59,78H,1-2,5,9-11,17-18,20-21,23-26,29-30,34-37,74H2,(H2,75,94)(H,76,81)(H,77,79)(H,80,95)(H,82,90)(H,83,91)(H,84,96)(H,85,99)(H,86,97)(H,87,98)(H,92,93)/t45-,53-,54-,55-,56-,57-,58-,59-/m0/s1. The van der Waals surface area contributed by atoms with Crippen molar-refractivity contribution in [1.29, 1.82) is 0 Å². The number of aromatic amines is 3. The predicted molar refractivity (Wildman–Crippen MR) is 377 cm³/mol. The van der Waals surface area contributed by atoms with E-state index in [0.717, 1.165) is 11.1 Å². The average Bonchev–Trinajstić information content (AvgIpc) is 1.64. The lowest BCUT2D eigenvalue weighted by Crippen LogP contribution is -2.60. The molecule has 3 aliphatic rings. The molecule has 10 rings (SSSR count). The van der Waals surface area contributed by atoms with Gasteiger partial charge in [-0.1, -0.05) is 36.4 Å². The quantitative estimate of drug-likeness (QED) is 0.0655. The Kier molecular flexibility index (Phi) is 25.8. The van der Waals surface area contributed by atoms with E-state index in [2.05, 4.69) is 62.1 Å². The van der Waals surface area contributed by atoms with Crippen molar-refractivity contribution >= 4 is 116 Å². The van der Waals surface area contributed by atoms with E-state index in [0.29, 0.717) is 92.8 Å². The highest BCUT2D eigenvalue weighted by molar-refractivity contribution is 7.98. The maximum absolute atomic E-state index is 15.3. The molecule has 9 amide bonds. The number of amides is 9. The molecule has 1 fully saturated rings. The normalized spacial score (nSPS) is 22.4. The summed E-state index contributed by atoms with van der Waals surface area (Å²) in [4.78, 5) is 176. The van der Waals surface area contributed by atoms with Crippen molar-refractivity contribution in [3.63, 3.8) is 0 Å². The molecule has 3 aromatic carbocycles. The molecule has 2 aliphatic heterocycles. The molecule has 0 saturated carbocycles. The van der Waals surface area contributed by atoms with Crippen LogP contribution in [-0.2, 0) is 89.9 Å². The third-order valence-corrected chi connectivity index (χ3v) is 20.4. The summed E-state index contributed by atoms with van der Waals surface area (Å²) >= 11 is 2.88. The van der Waals surface area contributed by atoms with Crippen LogP contribution >= 0.6 is 23.5 Å². The first-order valence-electron chi connectivity index (χ1n) is 33.6. The number of carbonyl (C=O) groups excluding carboxylic acids is 10. The van der Waals surface area contributed by atoms with Crippen LogP contribution in [0.5, 0.6) is 0 Å². The van der Waals surface area contributed by atoms with Gasteiger partial charge in [0.25, 0.3) is 0 Å². The third-order valence-electron chi connectivity index (χ3n) is 18.1. The van der Waals surface area contributed by atoms with E-state index in [1.165, 1.54) is 77.5 Å². The van der Waals surface area contributed by atoms with Gasteiger partial charge in [-0.25, -0.2) is 18.7 Å². The van der Waals surface area contributed by atoms with Crippen LogP contribution in [-0.4, -0.2) is 173 Å².